The van der Waals surface area contributed by atoms with Crippen molar-refractivity contribution < 1.29 is 14.3 Å². The van der Waals surface area contributed by atoms with E-state index in [0.29, 0.717) is 10.6 Å². The first kappa shape index (κ1) is 12.2. The first-order valence-corrected chi connectivity index (χ1v) is 4.76. The molecular formula is C10H13ClFNO2. The van der Waals surface area contributed by atoms with Crippen molar-refractivity contribution >= 4 is 11.6 Å². The molecule has 0 unspecified atom stereocenters. The molecule has 0 saturated carbocycles. The van der Waals surface area contributed by atoms with Crippen molar-refractivity contribution in [2.24, 2.45) is 0 Å². The monoisotopic (exact) mass is 233 g/mol. The molecule has 0 spiro atoms. The largest absolute Gasteiger partial charge is 0.495 e. The van der Waals surface area contributed by atoms with Crippen LogP contribution in [-0.2, 0) is 6.54 Å². The van der Waals surface area contributed by atoms with E-state index in [1.165, 1.54) is 20.2 Å². The zero-order valence-corrected chi connectivity index (χ0v) is 9.60. The predicted molar refractivity (Wildman–Crippen MR) is 56.0 cm³/mol. The Kier molecular flexibility index (Phi) is 3.90. The standard InChI is InChI=1S/C10H13ClFNO2/c1-6-4-8(11)10(15-3)7(9(6)12)5-13(2)14/h4,14H,5H2,1-3H3. The summed E-state index contributed by atoms with van der Waals surface area (Å²) >= 11 is 5.90. The van der Waals surface area contributed by atoms with Crippen molar-refractivity contribution in [3.63, 3.8) is 0 Å². The summed E-state index contributed by atoms with van der Waals surface area (Å²) in [7, 11) is 2.84. The second-order valence-electron chi connectivity index (χ2n) is 3.32. The Labute approximate surface area is 93.0 Å². The van der Waals surface area contributed by atoms with Gasteiger partial charge in [-0.05, 0) is 18.6 Å². The minimum absolute atomic E-state index is 0.0242. The number of hydrogen-bond acceptors (Lipinski definition) is 3. The fraction of sp³-hybridized carbons (Fsp3) is 0.400. The van der Waals surface area contributed by atoms with Gasteiger partial charge < -0.3 is 9.94 Å². The zero-order chi connectivity index (χ0) is 11.6. The lowest BCUT2D eigenvalue weighted by atomic mass is 10.1. The summed E-state index contributed by atoms with van der Waals surface area (Å²) in [5.74, 6) is -0.141. The molecule has 15 heavy (non-hydrogen) atoms. The minimum Gasteiger partial charge on any atom is -0.495 e. The number of hydrogen-bond donors (Lipinski definition) is 1. The molecule has 0 aromatic heterocycles. The van der Waals surface area contributed by atoms with Crippen LogP contribution in [0.5, 0.6) is 5.75 Å². The van der Waals surface area contributed by atoms with E-state index in [-0.39, 0.29) is 17.9 Å². The fourth-order valence-electron chi connectivity index (χ4n) is 1.39. The Morgan fingerprint density at radius 2 is 2.20 bits per heavy atom. The quantitative estimate of drug-likeness (QED) is 0.815. The van der Waals surface area contributed by atoms with Gasteiger partial charge in [-0.15, -0.1) is 0 Å². The van der Waals surface area contributed by atoms with Crippen LogP contribution in [0.4, 0.5) is 4.39 Å². The maximum Gasteiger partial charge on any atom is 0.144 e. The molecular weight excluding hydrogens is 221 g/mol. The SMILES string of the molecule is COc1c(Cl)cc(C)c(F)c1CN(C)O. The number of benzene rings is 1. The van der Waals surface area contributed by atoms with Crippen molar-refractivity contribution in [3.8, 4) is 5.75 Å². The van der Waals surface area contributed by atoms with Gasteiger partial charge in [0.05, 0.1) is 18.7 Å². The molecule has 1 aromatic rings. The van der Waals surface area contributed by atoms with Crippen LogP contribution in [0.3, 0.4) is 0 Å². The molecule has 0 fully saturated rings. The fourth-order valence-corrected chi connectivity index (χ4v) is 1.75. The van der Waals surface area contributed by atoms with E-state index in [1.807, 2.05) is 0 Å². The van der Waals surface area contributed by atoms with E-state index < -0.39 is 5.82 Å². The van der Waals surface area contributed by atoms with Gasteiger partial charge in [0.1, 0.15) is 11.6 Å². The summed E-state index contributed by atoms with van der Waals surface area (Å²) in [6.45, 7) is 1.64. The van der Waals surface area contributed by atoms with Gasteiger partial charge in [-0.3, -0.25) is 0 Å². The normalized spacial score (nSPS) is 10.9. The van der Waals surface area contributed by atoms with Crippen molar-refractivity contribution in [3.05, 3.63) is 28.0 Å². The molecule has 1 N–H and O–H groups in total. The molecule has 0 saturated heterocycles. The Bertz CT molecular complexity index is 369. The molecule has 84 valence electrons. The number of rotatable bonds is 3. The maximum absolute atomic E-state index is 13.7. The van der Waals surface area contributed by atoms with Gasteiger partial charge in [-0.25, -0.2) is 4.39 Å². The van der Waals surface area contributed by atoms with Crippen molar-refractivity contribution in [2.75, 3.05) is 14.2 Å². The van der Waals surface area contributed by atoms with Crippen molar-refractivity contribution in [2.45, 2.75) is 13.5 Å². The van der Waals surface area contributed by atoms with Gasteiger partial charge in [0, 0.05) is 12.6 Å². The highest BCUT2D eigenvalue weighted by Crippen LogP contribution is 2.33. The van der Waals surface area contributed by atoms with Crippen LogP contribution in [0.1, 0.15) is 11.1 Å². The van der Waals surface area contributed by atoms with Gasteiger partial charge >= 0.3 is 0 Å². The van der Waals surface area contributed by atoms with Crippen LogP contribution in [0.2, 0.25) is 5.02 Å². The molecule has 0 atom stereocenters. The van der Waals surface area contributed by atoms with E-state index >= 15 is 0 Å². The third-order valence-electron chi connectivity index (χ3n) is 2.04. The van der Waals surface area contributed by atoms with Crippen LogP contribution >= 0.6 is 11.6 Å². The summed E-state index contributed by atoms with van der Waals surface area (Å²) < 4.78 is 18.7. The summed E-state index contributed by atoms with van der Waals surface area (Å²) in [5, 5.41) is 10.3. The molecule has 1 aromatic carbocycles. The van der Waals surface area contributed by atoms with E-state index in [9.17, 15) is 4.39 Å². The third-order valence-corrected chi connectivity index (χ3v) is 2.32. The molecule has 3 nitrogen and oxygen atoms in total. The van der Waals surface area contributed by atoms with Crippen molar-refractivity contribution in [1.82, 2.24) is 5.06 Å². The second-order valence-corrected chi connectivity index (χ2v) is 3.72. The predicted octanol–water partition coefficient (Wildman–Crippen LogP) is 2.62. The lowest BCUT2D eigenvalue weighted by molar-refractivity contribution is -0.0742. The van der Waals surface area contributed by atoms with Gasteiger partial charge in [-0.1, -0.05) is 11.6 Å². The molecule has 0 radical (unpaired) electrons. The Morgan fingerprint density at radius 1 is 1.60 bits per heavy atom. The van der Waals surface area contributed by atoms with Crippen LogP contribution in [-0.4, -0.2) is 24.4 Å². The Hall–Kier alpha value is -0.840. The number of hydroxylamine groups is 2. The first-order chi connectivity index (χ1) is 6.97. The summed E-state index contributed by atoms with van der Waals surface area (Å²) in [4.78, 5) is 0. The number of halogens is 2. The van der Waals surface area contributed by atoms with Crippen molar-refractivity contribution in [1.29, 1.82) is 0 Å². The molecule has 5 heteroatoms. The summed E-state index contributed by atoms with van der Waals surface area (Å²) in [6, 6.07) is 1.50. The molecule has 0 aliphatic heterocycles. The molecule has 0 heterocycles. The molecule has 1 rings (SSSR count). The number of methoxy groups -OCH3 is 1. The zero-order valence-electron chi connectivity index (χ0n) is 8.84. The van der Waals surface area contributed by atoms with Crippen LogP contribution < -0.4 is 4.74 Å². The summed E-state index contributed by atoms with van der Waals surface area (Å²) in [5.41, 5.74) is 0.685. The van der Waals surface area contributed by atoms with Crippen LogP contribution in [0, 0.1) is 12.7 Å². The topological polar surface area (TPSA) is 32.7 Å². The van der Waals surface area contributed by atoms with Gasteiger partial charge in [0.25, 0.3) is 0 Å². The number of nitrogens with zero attached hydrogens (tertiary/aromatic N) is 1. The second kappa shape index (κ2) is 4.79. The lowest BCUT2D eigenvalue weighted by Crippen LogP contribution is -2.14. The minimum atomic E-state index is -0.405. The van der Waals surface area contributed by atoms with Gasteiger partial charge in [-0.2, -0.15) is 5.06 Å². The average molecular weight is 234 g/mol. The van der Waals surface area contributed by atoms with E-state index in [2.05, 4.69) is 0 Å². The van der Waals surface area contributed by atoms with Gasteiger partial charge in [0.15, 0.2) is 0 Å². The smallest absolute Gasteiger partial charge is 0.144 e. The van der Waals surface area contributed by atoms with Crippen LogP contribution in [0.15, 0.2) is 6.07 Å². The molecule has 0 aliphatic carbocycles. The van der Waals surface area contributed by atoms with E-state index in [0.717, 1.165) is 5.06 Å². The van der Waals surface area contributed by atoms with Crippen LogP contribution in [0.25, 0.3) is 0 Å². The molecule has 0 amide bonds. The maximum atomic E-state index is 13.7. The highest BCUT2D eigenvalue weighted by Gasteiger charge is 2.17. The van der Waals surface area contributed by atoms with E-state index in [1.54, 1.807) is 6.92 Å². The van der Waals surface area contributed by atoms with Gasteiger partial charge in [0.2, 0.25) is 0 Å². The highest BCUT2D eigenvalue weighted by atomic mass is 35.5. The molecule has 0 bridgehead atoms. The first-order valence-electron chi connectivity index (χ1n) is 4.38. The molecule has 0 aliphatic rings. The van der Waals surface area contributed by atoms with E-state index in [4.69, 9.17) is 21.5 Å². The lowest BCUT2D eigenvalue weighted by Gasteiger charge is -2.15. The number of ether oxygens (including phenoxy) is 1. The Morgan fingerprint density at radius 3 is 2.67 bits per heavy atom. The Balaban J connectivity index is 3.30. The average Bonchev–Trinajstić information content (AvgIpc) is 2.13. The summed E-state index contributed by atoms with van der Waals surface area (Å²) in [6.07, 6.45) is 0. The highest BCUT2D eigenvalue weighted by molar-refractivity contribution is 6.32. The third kappa shape index (κ3) is 2.59. The number of aryl methyl sites for hydroxylation is 1.